The van der Waals surface area contributed by atoms with Gasteiger partial charge >= 0.3 is 0 Å². The first-order chi connectivity index (χ1) is 10.4. The SMILES string of the molecule is C1=C[NH+]2C=C3CCCCC3=CC2c2[n-]c3ccccc3c21. The van der Waals surface area contributed by atoms with Crippen LogP contribution < -0.4 is 9.88 Å². The van der Waals surface area contributed by atoms with E-state index in [0.29, 0.717) is 6.04 Å². The van der Waals surface area contributed by atoms with Crippen LogP contribution in [0, 0.1) is 0 Å². The molecule has 21 heavy (non-hydrogen) atoms. The minimum Gasteiger partial charge on any atom is -0.655 e. The highest BCUT2D eigenvalue weighted by molar-refractivity contribution is 5.90. The molecule has 1 saturated carbocycles. The third-order valence-corrected chi connectivity index (χ3v) is 5.07. The Labute approximate surface area is 124 Å². The average molecular weight is 274 g/mol. The minimum absolute atomic E-state index is 0.370. The van der Waals surface area contributed by atoms with Crippen molar-refractivity contribution in [2.24, 2.45) is 0 Å². The van der Waals surface area contributed by atoms with E-state index in [0.717, 1.165) is 5.52 Å². The van der Waals surface area contributed by atoms with Gasteiger partial charge in [-0.25, -0.2) is 0 Å². The standard InChI is InChI=1S/C19H17N2/c1-2-6-14-12-21-10-9-16-15-7-3-4-8-17(15)20-19(16)18(21)11-13(14)5-1/h3-4,7-12,18H,1-2,5-6H2/q-1/p+1. The number of fused-ring (bicyclic) bond motifs is 6. The summed E-state index contributed by atoms with van der Waals surface area (Å²) in [5, 5.41) is 1.29. The molecule has 0 amide bonds. The van der Waals surface area contributed by atoms with Crippen LogP contribution in [0.4, 0.5) is 0 Å². The van der Waals surface area contributed by atoms with Gasteiger partial charge in [-0.3, -0.25) is 4.90 Å². The van der Waals surface area contributed by atoms with Crippen LogP contribution in [-0.2, 0) is 0 Å². The summed E-state index contributed by atoms with van der Waals surface area (Å²) in [6.07, 6.45) is 14.6. The predicted molar refractivity (Wildman–Crippen MR) is 84.6 cm³/mol. The Morgan fingerprint density at radius 3 is 2.86 bits per heavy atom. The summed E-state index contributed by atoms with van der Waals surface area (Å²) in [6, 6.07) is 8.87. The molecule has 0 spiro atoms. The summed E-state index contributed by atoms with van der Waals surface area (Å²) in [5.41, 5.74) is 6.84. The van der Waals surface area contributed by atoms with Crippen LogP contribution in [-0.4, -0.2) is 0 Å². The number of benzene rings is 1. The molecule has 3 aliphatic rings. The summed E-state index contributed by atoms with van der Waals surface area (Å²) >= 11 is 0. The fourth-order valence-electron chi connectivity index (χ4n) is 4.00. The van der Waals surface area contributed by atoms with Crippen LogP contribution in [0.5, 0.6) is 0 Å². The molecule has 2 heteroatoms. The molecule has 5 rings (SSSR count). The normalized spacial score (nSPS) is 26.7. The van der Waals surface area contributed by atoms with Crippen molar-refractivity contribution in [1.82, 2.24) is 4.98 Å². The van der Waals surface area contributed by atoms with E-state index in [1.807, 2.05) is 0 Å². The van der Waals surface area contributed by atoms with Gasteiger partial charge in [0.25, 0.3) is 0 Å². The highest BCUT2D eigenvalue weighted by Crippen LogP contribution is 2.35. The largest absolute Gasteiger partial charge is 0.655 e. The van der Waals surface area contributed by atoms with Crippen LogP contribution in [0.15, 0.2) is 53.9 Å². The number of quaternary nitrogens is 1. The topological polar surface area (TPSA) is 18.5 Å². The van der Waals surface area contributed by atoms with Crippen molar-refractivity contribution in [2.45, 2.75) is 31.7 Å². The van der Waals surface area contributed by atoms with Gasteiger partial charge < -0.3 is 4.98 Å². The van der Waals surface area contributed by atoms with E-state index in [4.69, 9.17) is 4.98 Å². The Morgan fingerprint density at radius 2 is 1.90 bits per heavy atom. The molecular weight excluding hydrogens is 256 g/mol. The summed E-state index contributed by atoms with van der Waals surface area (Å²) in [4.78, 5) is 6.35. The molecular formula is C19H18N2. The Bertz CT molecular complexity index is 819. The lowest BCUT2D eigenvalue weighted by Crippen LogP contribution is -3.04. The average Bonchev–Trinajstić information content (AvgIpc) is 2.92. The van der Waals surface area contributed by atoms with Crippen molar-refractivity contribution in [2.75, 3.05) is 0 Å². The lowest BCUT2D eigenvalue weighted by Gasteiger charge is -2.34. The molecule has 3 heterocycles. The molecule has 2 nitrogen and oxygen atoms in total. The maximum Gasteiger partial charge on any atom is 0.121 e. The minimum atomic E-state index is 0.370. The molecule has 2 aromatic rings. The van der Waals surface area contributed by atoms with Crippen molar-refractivity contribution in [3.05, 3.63) is 65.1 Å². The third-order valence-electron chi connectivity index (χ3n) is 5.07. The van der Waals surface area contributed by atoms with Gasteiger partial charge in [-0.2, -0.15) is 0 Å². The van der Waals surface area contributed by atoms with Crippen LogP contribution in [0.3, 0.4) is 0 Å². The fraction of sp³-hybridized carbons (Fsp3) is 0.263. The van der Waals surface area contributed by atoms with Gasteiger partial charge in [0.1, 0.15) is 18.4 Å². The van der Waals surface area contributed by atoms with Crippen LogP contribution in [0.1, 0.15) is 43.0 Å². The molecule has 0 bridgehead atoms. The fourth-order valence-corrected chi connectivity index (χ4v) is 4.00. The monoisotopic (exact) mass is 274 g/mol. The smallest absolute Gasteiger partial charge is 0.121 e. The molecule has 0 radical (unpaired) electrons. The molecule has 2 unspecified atom stereocenters. The summed E-state index contributed by atoms with van der Waals surface area (Å²) in [5.74, 6) is 0. The van der Waals surface area contributed by atoms with E-state index in [1.54, 1.807) is 11.1 Å². The number of hydrogen-bond acceptors (Lipinski definition) is 0. The molecule has 1 aromatic carbocycles. The Balaban J connectivity index is 1.69. The van der Waals surface area contributed by atoms with Crippen LogP contribution in [0.25, 0.3) is 17.0 Å². The number of para-hydroxylation sites is 1. The van der Waals surface area contributed by atoms with Gasteiger partial charge in [-0.1, -0.05) is 30.0 Å². The number of rotatable bonds is 0. The molecule has 1 aromatic heterocycles. The number of aromatic nitrogens is 1. The molecule has 104 valence electrons. The maximum absolute atomic E-state index is 4.93. The van der Waals surface area contributed by atoms with E-state index < -0.39 is 0 Å². The lowest BCUT2D eigenvalue weighted by molar-refractivity contribution is -0.820. The van der Waals surface area contributed by atoms with E-state index in [-0.39, 0.29) is 0 Å². The summed E-state index contributed by atoms with van der Waals surface area (Å²) in [6.45, 7) is 0. The third kappa shape index (κ3) is 1.63. The van der Waals surface area contributed by atoms with Gasteiger partial charge in [0.15, 0.2) is 0 Å². The maximum atomic E-state index is 4.93. The summed E-state index contributed by atoms with van der Waals surface area (Å²) < 4.78 is 0. The zero-order chi connectivity index (χ0) is 13.8. The Morgan fingerprint density at radius 1 is 1.05 bits per heavy atom. The molecule has 2 atom stereocenters. The first-order valence-electron chi connectivity index (χ1n) is 7.92. The van der Waals surface area contributed by atoms with Crippen molar-refractivity contribution < 1.29 is 4.90 Å². The quantitative estimate of drug-likeness (QED) is 0.782. The van der Waals surface area contributed by atoms with Gasteiger partial charge in [0, 0.05) is 5.57 Å². The second-order valence-corrected chi connectivity index (χ2v) is 6.31. The van der Waals surface area contributed by atoms with Crippen LogP contribution >= 0.6 is 0 Å². The Kier molecular flexibility index (Phi) is 2.33. The van der Waals surface area contributed by atoms with Gasteiger partial charge in [-0.15, -0.1) is 5.52 Å². The molecule has 1 fully saturated rings. The van der Waals surface area contributed by atoms with Crippen molar-refractivity contribution in [1.29, 1.82) is 0 Å². The van der Waals surface area contributed by atoms with Gasteiger partial charge in [0.05, 0.1) is 0 Å². The van der Waals surface area contributed by atoms with Crippen molar-refractivity contribution in [3.63, 3.8) is 0 Å². The van der Waals surface area contributed by atoms with Gasteiger partial charge in [-0.05, 0) is 54.4 Å². The number of allylic oxidation sites excluding steroid dienone is 2. The van der Waals surface area contributed by atoms with Gasteiger partial charge in [0.2, 0.25) is 0 Å². The molecule has 0 saturated heterocycles. The van der Waals surface area contributed by atoms with E-state index in [9.17, 15) is 0 Å². The first kappa shape index (κ1) is 11.6. The molecule has 1 aliphatic carbocycles. The number of nitrogens with one attached hydrogen (secondary N) is 1. The highest BCUT2D eigenvalue weighted by Gasteiger charge is 2.29. The second-order valence-electron chi connectivity index (χ2n) is 6.31. The van der Waals surface area contributed by atoms with Crippen molar-refractivity contribution >= 4 is 17.0 Å². The molecule has 2 aliphatic heterocycles. The Hall–Kier alpha value is -2.06. The number of hydrogen-bond donors (Lipinski definition) is 1. The van der Waals surface area contributed by atoms with E-state index in [1.165, 1.54) is 47.2 Å². The number of nitrogens with zero attached hydrogens (tertiary/aromatic N) is 1. The first-order valence-corrected chi connectivity index (χ1v) is 7.92. The summed E-state index contributed by atoms with van der Waals surface area (Å²) in [7, 11) is 0. The van der Waals surface area contributed by atoms with E-state index in [2.05, 4.69) is 48.8 Å². The highest BCUT2D eigenvalue weighted by atomic mass is 15.1. The lowest BCUT2D eigenvalue weighted by atomic mass is 9.85. The zero-order valence-electron chi connectivity index (χ0n) is 12.0. The van der Waals surface area contributed by atoms with Crippen LogP contribution in [0.2, 0.25) is 0 Å². The predicted octanol–water partition coefficient (Wildman–Crippen LogP) is 3.11. The van der Waals surface area contributed by atoms with Crippen molar-refractivity contribution in [3.8, 4) is 0 Å². The molecule has 1 N–H and O–H groups in total. The van der Waals surface area contributed by atoms with E-state index >= 15 is 0 Å². The second kappa shape index (κ2) is 4.22. The zero-order valence-corrected chi connectivity index (χ0v) is 12.0.